The number of ether oxygens (including phenoxy) is 1. The molecule has 4 nitrogen and oxygen atoms in total. The number of nitrogens with one attached hydrogen (secondary N) is 2. The number of aliphatic imine (C=N–C) groups is 1. The summed E-state index contributed by atoms with van der Waals surface area (Å²) >= 11 is 0. The molecule has 0 amide bonds. The first-order valence-electron chi connectivity index (χ1n) is 7.83. The first kappa shape index (κ1) is 19.1. The van der Waals surface area contributed by atoms with Crippen molar-refractivity contribution in [1.29, 1.82) is 0 Å². The van der Waals surface area contributed by atoms with Gasteiger partial charge in [0.25, 0.3) is 0 Å². The number of halogens is 1. The fraction of sp³-hybridized carbons (Fsp3) is 0.588. The third kappa shape index (κ3) is 7.33. The molecule has 0 aromatic heterocycles. The van der Waals surface area contributed by atoms with E-state index >= 15 is 0 Å². The van der Waals surface area contributed by atoms with Crippen LogP contribution in [0.2, 0.25) is 0 Å². The van der Waals surface area contributed by atoms with Crippen molar-refractivity contribution < 1.29 is 4.74 Å². The Balaban J connectivity index is 0.00000242. The minimum atomic E-state index is 0. The predicted octanol–water partition coefficient (Wildman–Crippen LogP) is 3.41. The number of nitrogens with zero attached hydrogens (tertiary/aromatic N) is 1. The van der Waals surface area contributed by atoms with E-state index in [2.05, 4.69) is 41.6 Å². The van der Waals surface area contributed by atoms with Gasteiger partial charge in [0.15, 0.2) is 5.96 Å². The van der Waals surface area contributed by atoms with Crippen LogP contribution in [0.5, 0.6) is 5.75 Å². The fourth-order valence-electron chi connectivity index (χ4n) is 1.94. The molecular formula is C17H28IN3O. The van der Waals surface area contributed by atoms with Gasteiger partial charge in [-0.2, -0.15) is 0 Å². The molecular weight excluding hydrogens is 389 g/mol. The molecule has 0 heterocycles. The zero-order chi connectivity index (χ0) is 15.1. The van der Waals surface area contributed by atoms with E-state index in [1.165, 1.54) is 18.4 Å². The van der Waals surface area contributed by atoms with Gasteiger partial charge in [0.2, 0.25) is 0 Å². The topological polar surface area (TPSA) is 45.7 Å². The Kier molecular flexibility index (Phi) is 8.60. The SMILES string of the molecule is CN=C(NCc1ccc(OCC(C)C)cc1)NCC1CC1.I. The van der Waals surface area contributed by atoms with Crippen molar-refractivity contribution in [3.8, 4) is 5.75 Å². The van der Waals surface area contributed by atoms with E-state index in [-0.39, 0.29) is 24.0 Å². The molecule has 5 heteroatoms. The summed E-state index contributed by atoms with van der Waals surface area (Å²) in [5.74, 6) is 3.21. The van der Waals surface area contributed by atoms with Crippen molar-refractivity contribution in [2.75, 3.05) is 20.2 Å². The van der Waals surface area contributed by atoms with Crippen LogP contribution in [-0.4, -0.2) is 26.2 Å². The molecule has 0 aliphatic heterocycles. The van der Waals surface area contributed by atoms with E-state index in [1.807, 2.05) is 19.2 Å². The molecule has 0 atom stereocenters. The number of hydrogen-bond donors (Lipinski definition) is 2. The summed E-state index contributed by atoms with van der Waals surface area (Å²) in [4.78, 5) is 4.24. The summed E-state index contributed by atoms with van der Waals surface area (Å²) in [7, 11) is 1.81. The fourth-order valence-corrected chi connectivity index (χ4v) is 1.94. The molecule has 0 bridgehead atoms. The van der Waals surface area contributed by atoms with E-state index in [9.17, 15) is 0 Å². The third-order valence-electron chi connectivity index (χ3n) is 3.45. The second kappa shape index (κ2) is 9.92. The van der Waals surface area contributed by atoms with Crippen LogP contribution in [0.3, 0.4) is 0 Å². The molecule has 1 aliphatic rings. The van der Waals surface area contributed by atoms with Crippen molar-refractivity contribution in [2.45, 2.75) is 33.2 Å². The molecule has 1 saturated carbocycles. The van der Waals surface area contributed by atoms with Crippen LogP contribution in [-0.2, 0) is 6.54 Å². The summed E-state index contributed by atoms with van der Waals surface area (Å²) < 4.78 is 5.68. The highest BCUT2D eigenvalue weighted by Gasteiger charge is 2.20. The van der Waals surface area contributed by atoms with Crippen molar-refractivity contribution >= 4 is 29.9 Å². The van der Waals surface area contributed by atoms with Crippen LogP contribution in [0, 0.1) is 11.8 Å². The summed E-state index contributed by atoms with van der Waals surface area (Å²) in [5.41, 5.74) is 1.22. The summed E-state index contributed by atoms with van der Waals surface area (Å²) in [6.07, 6.45) is 2.70. The van der Waals surface area contributed by atoms with Gasteiger partial charge in [-0.15, -0.1) is 24.0 Å². The Morgan fingerprint density at radius 1 is 1.23 bits per heavy atom. The second-order valence-corrected chi connectivity index (χ2v) is 6.10. The van der Waals surface area contributed by atoms with E-state index in [1.54, 1.807) is 0 Å². The van der Waals surface area contributed by atoms with Crippen LogP contribution < -0.4 is 15.4 Å². The highest BCUT2D eigenvalue weighted by molar-refractivity contribution is 14.0. The smallest absolute Gasteiger partial charge is 0.191 e. The van der Waals surface area contributed by atoms with Crippen LogP contribution in [0.1, 0.15) is 32.3 Å². The lowest BCUT2D eigenvalue weighted by Gasteiger charge is -2.12. The van der Waals surface area contributed by atoms with Crippen LogP contribution in [0.15, 0.2) is 29.3 Å². The Hall–Kier alpha value is -0.980. The summed E-state index contributed by atoms with van der Waals surface area (Å²) in [5, 5.41) is 6.70. The molecule has 124 valence electrons. The number of hydrogen-bond acceptors (Lipinski definition) is 2. The maximum absolute atomic E-state index is 5.68. The molecule has 22 heavy (non-hydrogen) atoms. The highest BCUT2D eigenvalue weighted by atomic mass is 127. The highest BCUT2D eigenvalue weighted by Crippen LogP contribution is 2.27. The largest absolute Gasteiger partial charge is 0.493 e. The Labute approximate surface area is 151 Å². The predicted molar refractivity (Wildman–Crippen MR) is 103 cm³/mol. The van der Waals surface area contributed by atoms with Gasteiger partial charge in [-0.3, -0.25) is 4.99 Å². The monoisotopic (exact) mass is 417 g/mol. The molecule has 1 aliphatic carbocycles. The van der Waals surface area contributed by atoms with Gasteiger partial charge in [-0.1, -0.05) is 26.0 Å². The standard InChI is InChI=1S/C17H27N3O.HI/c1-13(2)12-21-16-8-6-15(7-9-16)11-20-17(18-3)19-10-14-4-5-14;/h6-9,13-14H,4-5,10-12H2,1-3H3,(H2,18,19,20);1H. The van der Waals surface area contributed by atoms with Crippen LogP contribution in [0.4, 0.5) is 0 Å². The van der Waals surface area contributed by atoms with Crippen molar-refractivity contribution in [1.82, 2.24) is 10.6 Å². The maximum Gasteiger partial charge on any atom is 0.191 e. The normalized spacial score (nSPS) is 14.5. The maximum atomic E-state index is 5.68. The van der Waals surface area contributed by atoms with Gasteiger partial charge in [0.1, 0.15) is 5.75 Å². The lowest BCUT2D eigenvalue weighted by atomic mass is 10.2. The Bertz CT molecular complexity index is 455. The summed E-state index contributed by atoms with van der Waals surface area (Å²) in [6.45, 7) is 6.86. The second-order valence-electron chi connectivity index (χ2n) is 6.10. The average molecular weight is 417 g/mol. The first-order chi connectivity index (χ1) is 10.2. The number of benzene rings is 1. The number of guanidine groups is 1. The lowest BCUT2D eigenvalue weighted by Crippen LogP contribution is -2.37. The molecule has 2 N–H and O–H groups in total. The Morgan fingerprint density at radius 3 is 2.45 bits per heavy atom. The van der Waals surface area contributed by atoms with Gasteiger partial charge >= 0.3 is 0 Å². The zero-order valence-corrected chi connectivity index (χ0v) is 16.1. The van der Waals surface area contributed by atoms with Gasteiger partial charge in [-0.25, -0.2) is 0 Å². The molecule has 0 spiro atoms. The average Bonchev–Trinajstić information content (AvgIpc) is 3.30. The quantitative estimate of drug-likeness (QED) is 0.406. The minimum Gasteiger partial charge on any atom is -0.493 e. The van der Waals surface area contributed by atoms with E-state index in [0.29, 0.717) is 5.92 Å². The van der Waals surface area contributed by atoms with Gasteiger partial charge < -0.3 is 15.4 Å². The van der Waals surface area contributed by atoms with Crippen molar-refractivity contribution in [2.24, 2.45) is 16.8 Å². The molecule has 0 unspecified atom stereocenters. The molecule has 0 saturated heterocycles. The lowest BCUT2D eigenvalue weighted by molar-refractivity contribution is 0.271. The molecule has 1 aromatic carbocycles. The van der Waals surface area contributed by atoms with Crippen LogP contribution >= 0.6 is 24.0 Å². The van der Waals surface area contributed by atoms with Gasteiger partial charge in [0, 0.05) is 20.1 Å². The van der Waals surface area contributed by atoms with Gasteiger partial charge in [-0.05, 0) is 42.4 Å². The van der Waals surface area contributed by atoms with Crippen molar-refractivity contribution in [3.63, 3.8) is 0 Å². The summed E-state index contributed by atoms with van der Waals surface area (Å²) in [6, 6.07) is 8.24. The van der Waals surface area contributed by atoms with E-state index < -0.39 is 0 Å². The van der Waals surface area contributed by atoms with E-state index in [0.717, 1.165) is 37.3 Å². The molecule has 2 rings (SSSR count). The molecule has 0 radical (unpaired) electrons. The first-order valence-corrected chi connectivity index (χ1v) is 7.83. The van der Waals surface area contributed by atoms with Gasteiger partial charge in [0.05, 0.1) is 6.61 Å². The van der Waals surface area contributed by atoms with E-state index in [4.69, 9.17) is 4.74 Å². The number of rotatable bonds is 7. The molecule has 1 fully saturated rings. The zero-order valence-electron chi connectivity index (χ0n) is 13.8. The third-order valence-corrected chi connectivity index (χ3v) is 3.45. The molecule has 1 aromatic rings. The van der Waals surface area contributed by atoms with Crippen molar-refractivity contribution in [3.05, 3.63) is 29.8 Å². The minimum absolute atomic E-state index is 0. The van der Waals surface area contributed by atoms with Crippen LogP contribution in [0.25, 0.3) is 0 Å². The Morgan fingerprint density at radius 2 is 1.91 bits per heavy atom.